The highest BCUT2D eigenvalue weighted by molar-refractivity contribution is 5.78. The van der Waals surface area contributed by atoms with Gasteiger partial charge in [-0.05, 0) is 55.2 Å². The summed E-state index contributed by atoms with van der Waals surface area (Å²) in [5.74, 6) is -3.19. The van der Waals surface area contributed by atoms with E-state index in [-0.39, 0.29) is 11.6 Å². The summed E-state index contributed by atoms with van der Waals surface area (Å²) >= 11 is 0. The van der Waals surface area contributed by atoms with Crippen LogP contribution in [0, 0.1) is 17.5 Å². The van der Waals surface area contributed by atoms with Crippen molar-refractivity contribution in [2.45, 2.75) is 45.2 Å². The normalized spacial score (nSPS) is 18.4. The molecule has 4 aromatic rings. The summed E-state index contributed by atoms with van der Waals surface area (Å²) in [5.41, 5.74) is 3.60. The summed E-state index contributed by atoms with van der Waals surface area (Å²) in [5, 5.41) is 12.3. The van der Waals surface area contributed by atoms with Gasteiger partial charge in [0, 0.05) is 36.0 Å². The number of rotatable bonds is 4. The Morgan fingerprint density at radius 1 is 1.19 bits per heavy atom. The topological polar surface area (TPSA) is 60.0 Å². The molecule has 1 aromatic carbocycles. The van der Waals surface area contributed by atoms with E-state index >= 15 is 0 Å². The number of hydrogen-bond donors (Lipinski definition) is 1. The molecule has 1 N–H and O–H groups in total. The zero-order valence-corrected chi connectivity index (χ0v) is 17.1. The highest BCUT2D eigenvalue weighted by atomic mass is 19.2. The molecule has 1 aliphatic rings. The Balaban J connectivity index is 1.46. The van der Waals surface area contributed by atoms with Gasteiger partial charge in [-0.25, -0.2) is 17.7 Å². The first-order valence-electron chi connectivity index (χ1n) is 10.3. The van der Waals surface area contributed by atoms with Crippen molar-refractivity contribution in [3.05, 3.63) is 65.4 Å². The fourth-order valence-electron chi connectivity index (χ4n) is 4.50. The molecular formula is C22H21F3N6. The van der Waals surface area contributed by atoms with Gasteiger partial charge in [-0.2, -0.15) is 10.1 Å². The van der Waals surface area contributed by atoms with Crippen molar-refractivity contribution in [2.24, 2.45) is 0 Å². The third-order valence-electron chi connectivity index (χ3n) is 5.82. The van der Waals surface area contributed by atoms with Crippen LogP contribution in [0.5, 0.6) is 0 Å². The van der Waals surface area contributed by atoms with Crippen molar-refractivity contribution < 1.29 is 13.2 Å². The average molecular weight is 426 g/mol. The number of aromatic nitrogens is 5. The van der Waals surface area contributed by atoms with E-state index in [0.29, 0.717) is 23.1 Å². The number of benzene rings is 1. The lowest BCUT2D eigenvalue weighted by atomic mass is 9.85. The minimum atomic E-state index is -1.49. The number of halogens is 3. The lowest BCUT2D eigenvalue weighted by Gasteiger charge is -2.28. The van der Waals surface area contributed by atoms with E-state index in [9.17, 15) is 13.2 Å². The van der Waals surface area contributed by atoms with Gasteiger partial charge in [0.1, 0.15) is 0 Å². The first kappa shape index (κ1) is 19.6. The van der Waals surface area contributed by atoms with Crippen LogP contribution in [0.25, 0.3) is 16.8 Å². The molecule has 5 rings (SSSR count). The quantitative estimate of drug-likeness (QED) is 0.486. The van der Waals surface area contributed by atoms with Gasteiger partial charge in [0.25, 0.3) is 0 Å². The standard InChI is InChI=1S/C22H21F3N6/c1-3-30-20-12(2)7-15(8-14(20)11-26-30)27-22-28-21-16(5-4-6-31(21)29-22)13-9-17(23)19(25)18(24)10-13/h4-6,9-12,15H,3,7-8H2,1-2H3,(H,27,29). The van der Waals surface area contributed by atoms with Gasteiger partial charge in [0.15, 0.2) is 23.1 Å². The first-order chi connectivity index (χ1) is 14.9. The average Bonchev–Trinajstić information content (AvgIpc) is 3.34. The number of anilines is 1. The monoisotopic (exact) mass is 426 g/mol. The summed E-state index contributed by atoms with van der Waals surface area (Å²) in [7, 11) is 0. The van der Waals surface area contributed by atoms with E-state index in [1.807, 2.05) is 10.9 Å². The number of aryl methyl sites for hydroxylation is 1. The molecule has 160 valence electrons. The molecule has 0 spiro atoms. The van der Waals surface area contributed by atoms with Crippen molar-refractivity contribution in [2.75, 3.05) is 5.32 Å². The van der Waals surface area contributed by atoms with Gasteiger partial charge in [-0.1, -0.05) is 6.92 Å². The Labute approximate surface area is 176 Å². The Hall–Kier alpha value is -3.36. The van der Waals surface area contributed by atoms with Crippen LogP contribution < -0.4 is 5.32 Å². The second-order valence-electron chi connectivity index (χ2n) is 7.93. The molecule has 31 heavy (non-hydrogen) atoms. The fraction of sp³-hybridized carbons (Fsp3) is 0.318. The molecule has 0 amide bonds. The molecule has 0 radical (unpaired) electrons. The molecule has 3 aromatic heterocycles. The molecule has 0 aliphatic heterocycles. The smallest absolute Gasteiger partial charge is 0.243 e. The van der Waals surface area contributed by atoms with Crippen LogP contribution in [-0.4, -0.2) is 30.4 Å². The van der Waals surface area contributed by atoms with Gasteiger partial charge in [0.05, 0.1) is 6.20 Å². The van der Waals surface area contributed by atoms with Gasteiger partial charge in [-0.3, -0.25) is 4.68 Å². The Morgan fingerprint density at radius 2 is 1.97 bits per heavy atom. The van der Waals surface area contributed by atoms with Crippen molar-refractivity contribution in [1.82, 2.24) is 24.4 Å². The molecule has 0 fully saturated rings. The van der Waals surface area contributed by atoms with Gasteiger partial charge < -0.3 is 5.32 Å². The van der Waals surface area contributed by atoms with Gasteiger partial charge in [-0.15, -0.1) is 5.10 Å². The molecule has 6 nitrogen and oxygen atoms in total. The maximum absolute atomic E-state index is 13.7. The summed E-state index contributed by atoms with van der Waals surface area (Å²) in [6.07, 6.45) is 5.36. The lowest BCUT2D eigenvalue weighted by Crippen LogP contribution is -2.30. The van der Waals surface area contributed by atoms with E-state index in [0.717, 1.165) is 31.5 Å². The van der Waals surface area contributed by atoms with E-state index in [4.69, 9.17) is 0 Å². The van der Waals surface area contributed by atoms with Crippen molar-refractivity contribution in [1.29, 1.82) is 0 Å². The second-order valence-corrected chi connectivity index (χ2v) is 7.93. The first-order valence-corrected chi connectivity index (χ1v) is 10.3. The predicted octanol–water partition coefficient (Wildman–Crippen LogP) is 4.56. The molecule has 9 heteroatoms. The van der Waals surface area contributed by atoms with Crippen LogP contribution in [-0.2, 0) is 13.0 Å². The number of hydrogen-bond acceptors (Lipinski definition) is 4. The lowest BCUT2D eigenvalue weighted by molar-refractivity contribution is 0.448. The largest absolute Gasteiger partial charge is 0.350 e. The molecule has 0 saturated carbocycles. The van der Waals surface area contributed by atoms with E-state index in [2.05, 4.69) is 34.3 Å². The number of fused-ring (bicyclic) bond motifs is 2. The Morgan fingerprint density at radius 3 is 2.71 bits per heavy atom. The minimum Gasteiger partial charge on any atom is -0.350 e. The van der Waals surface area contributed by atoms with Gasteiger partial charge >= 0.3 is 0 Å². The van der Waals surface area contributed by atoms with Crippen LogP contribution in [0.15, 0.2) is 36.7 Å². The highest BCUT2D eigenvalue weighted by Crippen LogP contribution is 2.33. The molecule has 0 saturated heterocycles. The van der Waals surface area contributed by atoms with Crippen molar-refractivity contribution >= 4 is 11.6 Å². The van der Waals surface area contributed by atoms with E-state index < -0.39 is 17.5 Å². The molecular weight excluding hydrogens is 405 g/mol. The highest BCUT2D eigenvalue weighted by Gasteiger charge is 2.28. The third-order valence-corrected chi connectivity index (χ3v) is 5.82. The minimum absolute atomic E-state index is 0.138. The zero-order valence-electron chi connectivity index (χ0n) is 17.1. The van der Waals surface area contributed by atoms with Crippen LogP contribution in [0.2, 0.25) is 0 Å². The van der Waals surface area contributed by atoms with Crippen molar-refractivity contribution in [3.8, 4) is 11.1 Å². The molecule has 2 atom stereocenters. The summed E-state index contributed by atoms with van der Waals surface area (Å²) in [6.45, 7) is 5.12. The number of nitrogens with one attached hydrogen (secondary N) is 1. The second kappa shape index (κ2) is 7.40. The van der Waals surface area contributed by atoms with Crippen LogP contribution in [0.3, 0.4) is 0 Å². The van der Waals surface area contributed by atoms with Gasteiger partial charge in [0.2, 0.25) is 5.95 Å². The van der Waals surface area contributed by atoms with E-state index in [1.165, 1.54) is 11.3 Å². The van der Waals surface area contributed by atoms with Crippen LogP contribution in [0.4, 0.5) is 19.1 Å². The Kier molecular flexibility index (Phi) is 4.68. The Bertz CT molecular complexity index is 1250. The SMILES string of the molecule is CCn1ncc2c1C(C)CC(Nc1nc3c(-c4cc(F)c(F)c(F)c4)cccn3n1)C2. The number of pyridine rings is 1. The predicted molar refractivity (Wildman–Crippen MR) is 110 cm³/mol. The fourth-order valence-corrected chi connectivity index (χ4v) is 4.50. The third kappa shape index (κ3) is 3.34. The molecule has 2 unspecified atom stereocenters. The summed E-state index contributed by atoms with van der Waals surface area (Å²) in [4.78, 5) is 4.55. The molecule has 3 heterocycles. The zero-order chi connectivity index (χ0) is 21.7. The maximum atomic E-state index is 13.7. The van der Waals surface area contributed by atoms with Crippen LogP contribution >= 0.6 is 0 Å². The molecule has 0 bridgehead atoms. The number of nitrogens with zero attached hydrogens (tertiary/aromatic N) is 5. The summed E-state index contributed by atoms with van der Waals surface area (Å²) in [6, 6.07) is 5.44. The van der Waals surface area contributed by atoms with Crippen LogP contribution in [0.1, 0.15) is 37.4 Å². The summed E-state index contributed by atoms with van der Waals surface area (Å²) < 4.78 is 44.5. The van der Waals surface area contributed by atoms with E-state index in [1.54, 1.807) is 22.8 Å². The molecule has 1 aliphatic carbocycles. The van der Waals surface area contributed by atoms with Crippen molar-refractivity contribution in [3.63, 3.8) is 0 Å². The maximum Gasteiger partial charge on any atom is 0.243 e.